The summed E-state index contributed by atoms with van der Waals surface area (Å²) in [7, 11) is -3.79. The number of benzene rings is 3. The minimum absolute atomic E-state index is 0.0986. The van der Waals surface area contributed by atoms with Gasteiger partial charge in [0.15, 0.2) is 9.84 Å². The molecule has 0 spiro atoms. The van der Waals surface area contributed by atoms with Crippen molar-refractivity contribution in [3.63, 3.8) is 0 Å². The topological polar surface area (TPSA) is 89.5 Å². The fourth-order valence-corrected chi connectivity index (χ4v) is 4.06. The zero-order chi connectivity index (χ0) is 21.6. The molecule has 0 aliphatic carbocycles. The molecule has 0 radical (unpaired) electrons. The van der Waals surface area contributed by atoms with Gasteiger partial charge in [0.2, 0.25) is 5.91 Å². The van der Waals surface area contributed by atoms with Gasteiger partial charge in [-0.3, -0.25) is 4.79 Å². The summed E-state index contributed by atoms with van der Waals surface area (Å²) in [6, 6.07) is 18.3. The summed E-state index contributed by atoms with van der Waals surface area (Å²) in [5.41, 5.74) is 0.770. The number of sulfone groups is 1. The van der Waals surface area contributed by atoms with Crippen molar-refractivity contribution in [3.8, 4) is 0 Å². The van der Waals surface area contributed by atoms with Crippen molar-refractivity contribution in [2.75, 3.05) is 17.7 Å². The minimum atomic E-state index is -3.79. The Morgan fingerprint density at radius 1 is 0.933 bits per heavy atom. The van der Waals surface area contributed by atoms with E-state index in [-0.39, 0.29) is 4.90 Å². The summed E-state index contributed by atoms with van der Waals surface area (Å²) in [4.78, 5) is 24.3. The first-order valence-electron chi connectivity index (χ1n) is 9.67. The third kappa shape index (κ3) is 5.45. The predicted molar refractivity (Wildman–Crippen MR) is 116 cm³/mol. The molecular weight excluding hydrogens is 402 g/mol. The van der Waals surface area contributed by atoms with Crippen LogP contribution in [0.5, 0.6) is 0 Å². The molecule has 0 aromatic heterocycles. The first kappa shape index (κ1) is 21.5. The Bertz CT molecular complexity index is 1150. The summed E-state index contributed by atoms with van der Waals surface area (Å²) >= 11 is 0. The van der Waals surface area contributed by atoms with Gasteiger partial charge in [-0.2, -0.15) is 0 Å². The minimum Gasteiger partial charge on any atom is -0.462 e. The lowest BCUT2D eigenvalue weighted by atomic mass is 10.1. The summed E-state index contributed by atoms with van der Waals surface area (Å²) in [6.45, 7) is 2.37. The number of unbranched alkanes of at least 4 members (excludes halogenated alkanes) is 1. The molecule has 30 heavy (non-hydrogen) atoms. The number of rotatable bonds is 8. The Morgan fingerprint density at radius 2 is 1.63 bits per heavy atom. The van der Waals surface area contributed by atoms with E-state index in [4.69, 9.17) is 4.74 Å². The van der Waals surface area contributed by atoms with E-state index in [0.29, 0.717) is 17.9 Å². The van der Waals surface area contributed by atoms with Crippen molar-refractivity contribution in [2.45, 2.75) is 24.7 Å². The van der Waals surface area contributed by atoms with E-state index in [1.54, 1.807) is 12.1 Å². The molecule has 1 N–H and O–H groups in total. The van der Waals surface area contributed by atoms with Crippen molar-refractivity contribution >= 4 is 38.2 Å². The molecule has 6 nitrogen and oxygen atoms in total. The molecule has 0 saturated carbocycles. The predicted octanol–water partition coefficient (Wildman–Crippen LogP) is 4.21. The van der Waals surface area contributed by atoms with Gasteiger partial charge in [-0.15, -0.1) is 0 Å². The maximum atomic E-state index is 12.6. The molecule has 0 saturated heterocycles. The molecule has 1 amide bonds. The Labute approximate surface area is 175 Å². The zero-order valence-electron chi connectivity index (χ0n) is 16.6. The van der Waals surface area contributed by atoms with Crippen LogP contribution in [-0.2, 0) is 19.4 Å². The highest BCUT2D eigenvalue weighted by atomic mass is 32.2. The largest absolute Gasteiger partial charge is 0.462 e. The number of ether oxygens (including phenoxy) is 1. The van der Waals surface area contributed by atoms with E-state index in [9.17, 15) is 18.0 Å². The van der Waals surface area contributed by atoms with E-state index in [2.05, 4.69) is 5.32 Å². The van der Waals surface area contributed by atoms with Crippen LogP contribution in [0, 0.1) is 0 Å². The van der Waals surface area contributed by atoms with Crippen molar-refractivity contribution in [3.05, 3.63) is 72.3 Å². The highest BCUT2D eigenvalue weighted by molar-refractivity contribution is 7.92. The lowest BCUT2D eigenvalue weighted by Crippen LogP contribution is -2.23. The third-order valence-corrected chi connectivity index (χ3v) is 6.15. The molecule has 3 rings (SSSR count). The Hall–Kier alpha value is -3.19. The number of hydrogen-bond acceptors (Lipinski definition) is 5. The van der Waals surface area contributed by atoms with Crippen molar-refractivity contribution < 1.29 is 22.7 Å². The molecule has 0 aliphatic heterocycles. The highest BCUT2D eigenvalue weighted by Gasteiger charge is 2.20. The van der Waals surface area contributed by atoms with Gasteiger partial charge in [-0.25, -0.2) is 13.2 Å². The summed E-state index contributed by atoms with van der Waals surface area (Å²) in [5, 5.41) is 4.27. The summed E-state index contributed by atoms with van der Waals surface area (Å²) in [5.74, 6) is -1.76. The number of carbonyl (C=O) groups excluding carboxylic acids is 2. The lowest BCUT2D eigenvalue weighted by Gasteiger charge is -2.08. The van der Waals surface area contributed by atoms with Crippen molar-refractivity contribution in [1.82, 2.24) is 0 Å². The Morgan fingerprint density at radius 3 is 2.33 bits per heavy atom. The lowest BCUT2D eigenvalue weighted by molar-refractivity contribution is -0.113. The first-order valence-corrected chi connectivity index (χ1v) is 11.3. The van der Waals surface area contributed by atoms with E-state index in [0.717, 1.165) is 23.6 Å². The van der Waals surface area contributed by atoms with Crippen LogP contribution >= 0.6 is 0 Å². The zero-order valence-corrected chi connectivity index (χ0v) is 17.4. The van der Waals surface area contributed by atoms with Crippen LogP contribution in [0.25, 0.3) is 10.8 Å². The maximum Gasteiger partial charge on any atom is 0.338 e. The van der Waals surface area contributed by atoms with Crippen LogP contribution < -0.4 is 5.32 Å². The average Bonchev–Trinajstić information content (AvgIpc) is 2.73. The number of esters is 1. The van der Waals surface area contributed by atoms with Gasteiger partial charge in [0.1, 0.15) is 5.75 Å². The van der Waals surface area contributed by atoms with Crippen LogP contribution in [0.4, 0.5) is 5.69 Å². The average molecular weight is 426 g/mol. The van der Waals surface area contributed by atoms with E-state index >= 15 is 0 Å². The second-order valence-corrected chi connectivity index (χ2v) is 8.87. The van der Waals surface area contributed by atoms with Crippen LogP contribution in [-0.4, -0.2) is 32.7 Å². The quantitative estimate of drug-likeness (QED) is 0.431. The van der Waals surface area contributed by atoms with Crippen molar-refractivity contribution in [2.24, 2.45) is 0 Å². The fourth-order valence-electron chi connectivity index (χ4n) is 2.90. The fraction of sp³-hybridized carbons (Fsp3) is 0.217. The Kier molecular flexibility index (Phi) is 6.84. The highest BCUT2D eigenvalue weighted by Crippen LogP contribution is 2.20. The molecule has 0 fully saturated rings. The van der Waals surface area contributed by atoms with Gasteiger partial charge < -0.3 is 10.1 Å². The van der Waals surface area contributed by atoms with Crippen LogP contribution in [0.1, 0.15) is 30.1 Å². The van der Waals surface area contributed by atoms with Gasteiger partial charge in [-0.1, -0.05) is 43.7 Å². The SMILES string of the molecule is CCCCOC(=O)c1ccc(NC(=O)CS(=O)(=O)c2ccc3ccccc3c2)cc1. The number of amides is 1. The van der Waals surface area contributed by atoms with Gasteiger partial charge in [0, 0.05) is 5.69 Å². The normalized spacial score (nSPS) is 11.2. The van der Waals surface area contributed by atoms with E-state index in [1.807, 2.05) is 31.2 Å². The van der Waals surface area contributed by atoms with Gasteiger partial charge in [-0.05, 0) is 53.6 Å². The standard InChI is InChI=1S/C23H23NO5S/c1-2-3-14-29-23(26)18-8-11-20(12-9-18)24-22(25)16-30(27,28)21-13-10-17-6-4-5-7-19(17)15-21/h4-13,15H,2-3,14,16H2,1H3,(H,24,25). The van der Waals surface area contributed by atoms with Crippen LogP contribution in [0.3, 0.4) is 0 Å². The molecule has 0 unspecified atom stereocenters. The number of anilines is 1. The molecule has 0 heterocycles. The molecule has 7 heteroatoms. The smallest absolute Gasteiger partial charge is 0.338 e. The number of hydrogen-bond donors (Lipinski definition) is 1. The molecule has 0 atom stereocenters. The molecule has 156 valence electrons. The molecular formula is C23H23NO5S. The van der Waals surface area contributed by atoms with Crippen LogP contribution in [0.2, 0.25) is 0 Å². The number of nitrogens with one attached hydrogen (secondary N) is 1. The maximum absolute atomic E-state index is 12.6. The molecule has 0 aliphatic rings. The second kappa shape index (κ2) is 9.54. The van der Waals surface area contributed by atoms with E-state index in [1.165, 1.54) is 30.3 Å². The van der Waals surface area contributed by atoms with Crippen molar-refractivity contribution in [1.29, 1.82) is 0 Å². The molecule has 3 aromatic rings. The number of fused-ring (bicyclic) bond motifs is 1. The summed E-state index contributed by atoms with van der Waals surface area (Å²) in [6.07, 6.45) is 1.73. The molecule has 3 aromatic carbocycles. The van der Waals surface area contributed by atoms with E-state index < -0.39 is 27.5 Å². The van der Waals surface area contributed by atoms with Gasteiger partial charge in [0.25, 0.3) is 0 Å². The van der Waals surface area contributed by atoms with Gasteiger partial charge in [0.05, 0.1) is 17.1 Å². The number of carbonyl (C=O) groups is 2. The monoisotopic (exact) mass is 425 g/mol. The molecule has 0 bridgehead atoms. The second-order valence-electron chi connectivity index (χ2n) is 6.88. The van der Waals surface area contributed by atoms with Gasteiger partial charge >= 0.3 is 5.97 Å². The summed E-state index contributed by atoms with van der Waals surface area (Å²) < 4.78 is 30.4. The van der Waals surface area contributed by atoms with Crippen LogP contribution in [0.15, 0.2) is 71.6 Å². The first-order chi connectivity index (χ1) is 14.4. The third-order valence-electron chi connectivity index (χ3n) is 4.54. The Balaban J connectivity index is 1.63.